The highest BCUT2D eigenvalue weighted by molar-refractivity contribution is 5.21. The number of aryl methyl sites for hydroxylation is 1. The second-order valence-corrected chi connectivity index (χ2v) is 4.69. The van der Waals surface area contributed by atoms with Crippen LogP contribution in [0.1, 0.15) is 17.5 Å². The molecule has 0 bridgehead atoms. The third kappa shape index (κ3) is 7.18. The van der Waals surface area contributed by atoms with E-state index in [4.69, 9.17) is 0 Å². The Morgan fingerprint density at radius 1 is 1.21 bits per heavy atom. The summed E-state index contributed by atoms with van der Waals surface area (Å²) in [7, 11) is 0. The monoisotopic (exact) mass is 276 g/mol. The predicted molar refractivity (Wildman–Crippen MR) is 66.9 cm³/mol. The van der Waals surface area contributed by atoms with Gasteiger partial charge in [0.15, 0.2) is 0 Å². The smallest absolute Gasteiger partial charge is 0.396 e. The molecule has 1 aromatic rings. The summed E-state index contributed by atoms with van der Waals surface area (Å²) in [6.45, 7) is 0.716. The lowest BCUT2D eigenvalue weighted by molar-refractivity contribution is -0.174. The highest BCUT2D eigenvalue weighted by atomic mass is 19.4. The van der Waals surface area contributed by atoms with Gasteiger partial charge >= 0.3 is 6.18 Å². The second-order valence-electron chi connectivity index (χ2n) is 4.69. The van der Waals surface area contributed by atoms with Gasteiger partial charge in [-0.2, -0.15) is 13.2 Å². The average molecular weight is 276 g/mol. The van der Waals surface area contributed by atoms with Crippen LogP contribution >= 0.6 is 0 Å². The van der Waals surface area contributed by atoms with E-state index in [-0.39, 0.29) is 19.1 Å². The molecule has 2 nitrogen and oxygen atoms in total. The molecule has 1 aromatic carbocycles. The van der Waals surface area contributed by atoms with Crippen LogP contribution in [0, 0.1) is 12.8 Å². The van der Waals surface area contributed by atoms with Gasteiger partial charge in [0.25, 0.3) is 0 Å². The minimum Gasteiger partial charge on any atom is -0.396 e. The van der Waals surface area contributed by atoms with E-state index in [1.54, 1.807) is 0 Å². The van der Waals surface area contributed by atoms with Crippen LogP contribution in [-0.4, -0.2) is 31.1 Å². The number of alkyl halides is 3. The van der Waals surface area contributed by atoms with Crippen LogP contribution in [0.3, 0.4) is 0 Å². The van der Waals surface area contributed by atoms with Gasteiger partial charge in [0.05, 0.1) is 0 Å². The van der Waals surface area contributed by atoms with Crippen molar-refractivity contribution in [3.05, 3.63) is 35.4 Å². The molecular weight excluding hydrogens is 257 g/mol. The summed E-state index contributed by atoms with van der Waals surface area (Å²) in [6, 6.07) is 7.89. The van der Waals surface area contributed by atoms with Gasteiger partial charge in [0.2, 0.25) is 0 Å². The first-order valence-corrected chi connectivity index (χ1v) is 6.21. The Morgan fingerprint density at radius 3 is 2.37 bits per heavy atom. The molecule has 0 saturated carbocycles. The molecular formula is C14H19F3O2. The molecule has 0 aliphatic rings. The minimum absolute atomic E-state index is 0.0105. The number of halogens is 3. The van der Waals surface area contributed by atoms with Crippen LogP contribution < -0.4 is 0 Å². The predicted octanol–water partition coefficient (Wildman–Crippen LogP) is 3.12. The van der Waals surface area contributed by atoms with Crippen molar-refractivity contribution in [1.82, 2.24) is 0 Å². The molecule has 108 valence electrons. The first-order chi connectivity index (χ1) is 8.90. The van der Waals surface area contributed by atoms with Crippen LogP contribution in [-0.2, 0) is 11.2 Å². The maximum Gasteiger partial charge on any atom is 0.411 e. The number of hydrogen-bond donors (Lipinski definition) is 1. The molecule has 1 N–H and O–H groups in total. The summed E-state index contributed by atoms with van der Waals surface area (Å²) < 4.78 is 40.2. The number of hydrogen-bond acceptors (Lipinski definition) is 2. The van der Waals surface area contributed by atoms with Crippen molar-refractivity contribution in [2.75, 3.05) is 19.8 Å². The van der Waals surface area contributed by atoms with Crippen molar-refractivity contribution >= 4 is 0 Å². The molecule has 0 radical (unpaired) electrons. The van der Waals surface area contributed by atoms with Gasteiger partial charge in [0, 0.05) is 13.2 Å². The summed E-state index contributed by atoms with van der Waals surface area (Å²) in [5, 5.41) is 9.22. The normalized spacial score (nSPS) is 13.5. The van der Waals surface area contributed by atoms with Crippen LogP contribution in [0.2, 0.25) is 0 Å². The lowest BCUT2D eigenvalue weighted by atomic mass is 9.97. The Kier molecular flexibility index (Phi) is 6.31. The summed E-state index contributed by atoms with van der Waals surface area (Å²) in [4.78, 5) is 0. The van der Waals surface area contributed by atoms with E-state index in [1.165, 1.54) is 0 Å². The highest BCUT2D eigenvalue weighted by Crippen LogP contribution is 2.16. The summed E-state index contributed by atoms with van der Waals surface area (Å²) in [5.41, 5.74) is 2.22. The SMILES string of the molecule is Cc1ccc(CC(CO)CCOCC(F)(F)F)cc1. The third-order valence-corrected chi connectivity index (χ3v) is 2.84. The molecule has 0 amide bonds. The van der Waals surface area contributed by atoms with Gasteiger partial charge in [-0.3, -0.25) is 0 Å². The van der Waals surface area contributed by atoms with Gasteiger partial charge in [-0.05, 0) is 31.2 Å². The number of benzene rings is 1. The molecule has 5 heteroatoms. The number of aliphatic hydroxyl groups excluding tert-OH is 1. The largest absolute Gasteiger partial charge is 0.411 e. The minimum atomic E-state index is -4.29. The fourth-order valence-corrected chi connectivity index (χ4v) is 1.75. The van der Waals surface area contributed by atoms with Crippen molar-refractivity contribution in [2.45, 2.75) is 25.9 Å². The molecule has 0 fully saturated rings. The number of aliphatic hydroxyl groups is 1. The van der Waals surface area contributed by atoms with Crippen molar-refractivity contribution in [1.29, 1.82) is 0 Å². The fraction of sp³-hybridized carbons (Fsp3) is 0.571. The quantitative estimate of drug-likeness (QED) is 0.775. The van der Waals surface area contributed by atoms with Gasteiger partial charge in [-0.25, -0.2) is 0 Å². The maximum atomic E-state index is 11.9. The number of rotatable bonds is 7. The molecule has 0 saturated heterocycles. The Hall–Kier alpha value is -1.07. The molecule has 1 rings (SSSR count). The van der Waals surface area contributed by atoms with E-state index in [9.17, 15) is 18.3 Å². The third-order valence-electron chi connectivity index (χ3n) is 2.84. The van der Waals surface area contributed by atoms with Gasteiger partial charge < -0.3 is 9.84 Å². The Morgan fingerprint density at radius 2 is 1.84 bits per heavy atom. The molecule has 0 aliphatic carbocycles. The topological polar surface area (TPSA) is 29.5 Å². The van der Waals surface area contributed by atoms with Crippen LogP contribution in [0.5, 0.6) is 0 Å². The van der Waals surface area contributed by atoms with Gasteiger partial charge in [0.1, 0.15) is 6.61 Å². The first kappa shape index (κ1) is 16.0. The molecule has 0 aromatic heterocycles. The lowest BCUT2D eigenvalue weighted by Gasteiger charge is -2.15. The molecule has 0 heterocycles. The second kappa shape index (κ2) is 7.50. The van der Waals surface area contributed by atoms with Gasteiger partial charge in [-0.15, -0.1) is 0 Å². The molecule has 1 unspecified atom stereocenters. The molecule has 0 aliphatic heterocycles. The van der Waals surface area contributed by atoms with E-state index in [0.29, 0.717) is 12.8 Å². The highest BCUT2D eigenvalue weighted by Gasteiger charge is 2.27. The maximum absolute atomic E-state index is 11.9. The van der Waals surface area contributed by atoms with Gasteiger partial charge in [-0.1, -0.05) is 29.8 Å². The van der Waals surface area contributed by atoms with Crippen molar-refractivity contribution in [2.24, 2.45) is 5.92 Å². The number of ether oxygens (including phenoxy) is 1. The zero-order chi connectivity index (χ0) is 14.3. The zero-order valence-corrected chi connectivity index (χ0v) is 10.9. The van der Waals surface area contributed by atoms with Crippen LogP contribution in [0.4, 0.5) is 13.2 Å². The average Bonchev–Trinajstić information content (AvgIpc) is 2.34. The van der Waals surface area contributed by atoms with Crippen molar-refractivity contribution in [3.8, 4) is 0 Å². The zero-order valence-electron chi connectivity index (χ0n) is 10.9. The van der Waals surface area contributed by atoms with E-state index >= 15 is 0 Å². The Bertz CT molecular complexity index is 360. The van der Waals surface area contributed by atoms with Crippen molar-refractivity contribution in [3.63, 3.8) is 0 Å². The lowest BCUT2D eigenvalue weighted by Crippen LogP contribution is -2.19. The summed E-state index contributed by atoms with van der Waals surface area (Å²) >= 11 is 0. The Labute approximate surface area is 111 Å². The summed E-state index contributed by atoms with van der Waals surface area (Å²) in [5.74, 6) is -0.0732. The molecule has 1 atom stereocenters. The van der Waals surface area contributed by atoms with Crippen molar-refractivity contribution < 1.29 is 23.0 Å². The van der Waals surface area contributed by atoms with Crippen LogP contribution in [0.15, 0.2) is 24.3 Å². The van der Waals surface area contributed by atoms with E-state index in [2.05, 4.69) is 4.74 Å². The Balaban J connectivity index is 2.31. The van der Waals surface area contributed by atoms with Crippen LogP contribution in [0.25, 0.3) is 0 Å². The van der Waals surface area contributed by atoms with E-state index in [0.717, 1.165) is 11.1 Å². The van der Waals surface area contributed by atoms with E-state index < -0.39 is 12.8 Å². The summed E-state index contributed by atoms with van der Waals surface area (Å²) in [6.07, 6.45) is -3.22. The molecule has 19 heavy (non-hydrogen) atoms. The first-order valence-electron chi connectivity index (χ1n) is 6.21. The van der Waals surface area contributed by atoms with E-state index in [1.807, 2.05) is 31.2 Å². The standard InChI is InChI=1S/C14H19F3O2/c1-11-2-4-12(5-3-11)8-13(9-18)6-7-19-10-14(15,16)17/h2-5,13,18H,6-10H2,1H3. The molecule has 0 spiro atoms. The fourth-order valence-electron chi connectivity index (χ4n) is 1.75.